The van der Waals surface area contributed by atoms with Crippen LogP contribution in [0.5, 0.6) is 5.75 Å². The number of fused-ring (bicyclic) bond motifs is 1. The van der Waals surface area contributed by atoms with E-state index in [0.717, 1.165) is 48.3 Å². The number of nitrogens with two attached hydrogens (primary N) is 1. The van der Waals surface area contributed by atoms with Crippen LogP contribution in [0.15, 0.2) is 36.9 Å². The summed E-state index contributed by atoms with van der Waals surface area (Å²) in [7, 11) is 0. The van der Waals surface area contributed by atoms with E-state index in [9.17, 15) is 0 Å². The van der Waals surface area contributed by atoms with Gasteiger partial charge in [-0.1, -0.05) is 0 Å². The van der Waals surface area contributed by atoms with Crippen molar-refractivity contribution in [1.82, 2.24) is 19.9 Å². The van der Waals surface area contributed by atoms with E-state index in [0.29, 0.717) is 17.6 Å². The molecule has 2 heterocycles. The zero-order valence-electron chi connectivity index (χ0n) is 15.7. The number of rotatable bonds is 5. The molecule has 0 aliphatic heterocycles. The van der Waals surface area contributed by atoms with Crippen molar-refractivity contribution in [1.29, 1.82) is 0 Å². The van der Waals surface area contributed by atoms with E-state index in [4.69, 9.17) is 10.5 Å². The molecule has 0 bridgehead atoms. The Morgan fingerprint density at radius 3 is 2.54 bits per heavy atom. The fourth-order valence-corrected chi connectivity index (χ4v) is 3.92. The van der Waals surface area contributed by atoms with Crippen LogP contribution in [0.4, 0.5) is 11.5 Å². The summed E-state index contributed by atoms with van der Waals surface area (Å²) in [6.07, 6.45) is 11.7. The number of hydrogen-bond acceptors (Lipinski definition) is 7. The first-order valence-electron chi connectivity index (χ1n) is 10.00. The molecular weight excluding hydrogens is 352 g/mol. The van der Waals surface area contributed by atoms with Crippen molar-refractivity contribution in [2.45, 2.75) is 56.6 Å². The fraction of sp³-hybridized carbons (Fsp3) is 0.429. The molecule has 0 radical (unpaired) electrons. The molecule has 28 heavy (non-hydrogen) atoms. The van der Waals surface area contributed by atoms with Crippen LogP contribution < -0.4 is 15.8 Å². The molecule has 2 aromatic heterocycles. The highest BCUT2D eigenvalue weighted by Crippen LogP contribution is 2.39. The summed E-state index contributed by atoms with van der Waals surface area (Å²) in [5.74, 6) is 2.31. The average molecular weight is 376 g/mol. The second-order valence-corrected chi connectivity index (χ2v) is 7.78. The van der Waals surface area contributed by atoms with Gasteiger partial charge in [0.25, 0.3) is 0 Å². The standard InChI is InChI=1S/C21H24N6O/c22-14-9-18-21(24-8-7-23-18)19(10-14)28-16-5-3-15(4-6-16)27-20-11-17(13-1-2-13)25-12-26-20/h7-13,15-16H,1-6,22H2,(H,25,26,27). The average Bonchev–Trinajstić information content (AvgIpc) is 3.55. The highest BCUT2D eigenvalue weighted by atomic mass is 16.5. The van der Waals surface area contributed by atoms with Crippen molar-refractivity contribution in [2.75, 3.05) is 11.1 Å². The van der Waals surface area contributed by atoms with Crippen molar-refractivity contribution in [3.8, 4) is 5.75 Å². The molecule has 0 spiro atoms. The number of anilines is 2. The molecule has 0 unspecified atom stereocenters. The highest BCUT2D eigenvalue weighted by molar-refractivity contribution is 5.84. The highest BCUT2D eigenvalue weighted by Gasteiger charge is 2.26. The molecule has 144 valence electrons. The van der Waals surface area contributed by atoms with Crippen LogP contribution in [0.1, 0.15) is 50.1 Å². The summed E-state index contributed by atoms with van der Waals surface area (Å²) >= 11 is 0. The Bertz CT molecular complexity index is 982. The minimum atomic E-state index is 0.164. The van der Waals surface area contributed by atoms with E-state index < -0.39 is 0 Å². The van der Waals surface area contributed by atoms with Crippen molar-refractivity contribution >= 4 is 22.5 Å². The Labute approximate surface area is 163 Å². The van der Waals surface area contributed by atoms with Crippen LogP contribution in [0.2, 0.25) is 0 Å². The predicted molar refractivity (Wildman–Crippen MR) is 108 cm³/mol. The van der Waals surface area contributed by atoms with Gasteiger partial charge in [-0.15, -0.1) is 0 Å². The predicted octanol–water partition coefficient (Wildman–Crippen LogP) is 3.68. The van der Waals surface area contributed by atoms with Crippen LogP contribution in [0.25, 0.3) is 11.0 Å². The van der Waals surface area contributed by atoms with Crippen molar-refractivity contribution < 1.29 is 4.74 Å². The third kappa shape index (κ3) is 3.69. The molecule has 7 nitrogen and oxygen atoms in total. The number of nitrogens with zero attached hydrogens (tertiary/aromatic N) is 4. The molecule has 0 amide bonds. The lowest BCUT2D eigenvalue weighted by molar-refractivity contribution is 0.152. The van der Waals surface area contributed by atoms with Gasteiger partial charge in [0.15, 0.2) is 0 Å². The van der Waals surface area contributed by atoms with Crippen LogP contribution in [-0.2, 0) is 0 Å². The maximum Gasteiger partial charge on any atom is 0.149 e. The molecule has 2 fully saturated rings. The van der Waals surface area contributed by atoms with E-state index in [2.05, 4.69) is 31.3 Å². The van der Waals surface area contributed by atoms with Crippen LogP contribution in [0.3, 0.4) is 0 Å². The maximum absolute atomic E-state index is 6.27. The van der Waals surface area contributed by atoms with Gasteiger partial charge in [-0.25, -0.2) is 15.0 Å². The van der Waals surface area contributed by atoms with Gasteiger partial charge >= 0.3 is 0 Å². The Balaban J connectivity index is 1.21. The molecule has 3 N–H and O–H groups in total. The summed E-state index contributed by atoms with van der Waals surface area (Å²) in [6, 6.07) is 6.20. The Morgan fingerprint density at radius 1 is 0.893 bits per heavy atom. The van der Waals surface area contributed by atoms with E-state index in [1.165, 1.54) is 18.5 Å². The lowest BCUT2D eigenvalue weighted by Crippen LogP contribution is -2.31. The largest absolute Gasteiger partial charge is 0.488 e. The number of aromatic nitrogens is 4. The van der Waals surface area contributed by atoms with Gasteiger partial charge in [-0.05, 0) is 44.6 Å². The minimum Gasteiger partial charge on any atom is -0.488 e. The van der Waals surface area contributed by atoms with Crippen molar-refractivity contribution in [2.24, 2.45) is 0 Å². The Hall–Kier alpha value is -2.96. The zero-order valence-corrected chi connectivity index (χ0v) is 15.7. The van der Waals surface area contributed by atoms with Crippen LogP contribution in [0, 0.1) is 0 Å². The fourth-order valence-electron chi connectivity index (χ4n) is 3.92. The second-order valence-electron chi connectivity index (χ2n) is 7.78. The molecule has 5 rings (SSSR count). The van der Waals surface area contributed by atoms with E-state index in [-0.39, 0.29) is 6.10 Å². The number of ether oxygens (including phenoxy) is 1. The van der Waals surface area contributed by atoms with E-state index in [1.807, 2.05) is 12.1 Å². The first-order valence-corrected chi connectivity index (χ1v) is 10.00. The van der Waals surface area contributed by atoms with Crippen molar-refractivity contribution in [3.63, 3.8) is 0 Å². The van der Waals surface area contributed by atoms with Gasteiger partial charge in [0.05, 0.1) is 11.6 Å². The normalized spacial score (nSPS) is 22.1. The smallest absolute Gasteiger partial charge is 0.149 e. The topological polar surface area (TPSA) is 98.8 Å². The minimum absolute atomic E-state index is 0.164. The third-order valence-corrected chi connectivity index (χ3v) is 5.56. The lowest BCUT2D eigenvalue weighted by Gasteiger charge is -2.30. The Morgan fingerprint density at radius 2 is 1.71 bits per heavy atom. The number of benzene rings is 1. The molecule has 7 heteroatoms. The van der Waals surface area contributed by atoms with E-state index >= 15 is 0 Å². The molecule has 0 saturated heterocycles. The molecule has 2 aliphatic carbocycles. The number of nitrogen functional groups attached to an aromatic ring is 1. The molecule has 2 aliphatic rings. The molecule has 1 aromatic carbocycles. The van der Waals surface area contributed by atoms with Crippen LogP contribution in [-0.4, -0.2) is 32.1 Å². The quantitative estimate of drug-likeness (QED) is 0.655. The Kier molecular flexibility index (Phi) is 4.43. The summed E-state index contributed by atoms with van der Waals surface area (Å²) in [4.78, 5) is 17.5. The third-order valence-electron chi connectivity index (χ3n) is 5.56. The summed E-state index contributed by atoms with van der Waals surface area (Å²) in [5.41, 5.74) is 9.36. The summed E-state index contributed by atoms with van der Waals surface area (Å²) in [6.45, 7) is 0. The van der Waals surface area contributed by atoms with Crippen molar-refractivity contribution in [3.05, 3.63) is 42.6 Å². The number of nitrogens with one attached hydrogen (secondary N) is 1. The van der Waals surface area contributed by atoms with Crippen LogP contribution >= 0.6 is 0 Å². The van der Waals surface area contributed by atoms with Gasteiger partial charge in [-0.2, -0.15) is 0 Å². The molecule has 0 atom stereocenters. The second kappa shape index (κ2) is 7.22. The first-order chi connectivity index (χ1) is 13.7. The van der Waals surface area contributed by atoms with Gasteiger partial charge in [0, 0.05) is 47.9 Å². The maximum atomic E-state index is 6.27. The van der Waals surface area contributed by atoms with Gasteiger partial charge < -0.3 is 15.8 Å². The van der Waals surface area contributed by atoms with Gasteiger partial charge in [0.1, 0.15) is 23.4 Å². The monoisotopic (exact) mass is 376 g/mol. The molecule has 3 aromatic rings. The van der Waals surface area contributed by atoms with Gasteiger partial charge in [0.2, 0.25) is 0 Å². The van der Waals surface area contributed by atoms with E-state index in [1.54, 1.807) is 18.7 Å². The molecular formula is C21H24N6O. The summed E-state index contributed by atoms with van der Waals surface area (Å²) in [5, 5.41) is 3.58. The first kappa shape index (κ1) is 17.2. The lowest BCUT2D eigenvalue weighted by atomic mass is 9.93. The molecule has 2 saturated carbocycles. The number of hydrogen-bond donors (Lipinski definition) is 2. The zero-order chi connectivity index (χ0) is 18.9. The van der Waals surface area contributed by atoms with Gasteiger partial charge in [-0.3, -0.25) is 4.98 Å². The SMILES string of the molecule is Nc1cc(OC2CCC(Nc3cc(C4CC4)ncn3)CC2)c2nccnc2c1. The summed E-state index contributed by atoms with van der Waals surface area (Å²) < 4.78 is 6.27.